The molecular weight excluding hydrogens is 280 g/mol. The molecule has 1 atom stereocenters. The first-order valence-electron chi connectivity index (χ1n) is 9.26. The van der Waals surface area contributed by atoms with Crippen molar-refractivity contribution in [3.8, 4) is 0 Å². The summed E-state index contributed by atoms with van der Waals surface area (Å²) in [4.78, 5) is 5.23. The van der Waals surface area contributed by atoms with Crippen LogP contribution in [0.3, 0.4) is 0 Å². The van der Waals surface area contributed by atoms with Crippen LogP contribution in [0.4, 0.5) is 5.69 Å². The molecule has 0 radical (unpaired) electrons. The summed E-state index contributed by atoms with van der Waals surface area (Å²) in [6, 6.07) is 9.00. The maximum absolute atomic E-state index is 2.67. The molecule has 23 heavy (non-hydrogen) atoms. The first-order valence-corrected chi connectivity index (χ1v) is 9.26. The van der Waals surface area contributed by atoms with Gasteiger partial charge in [0.2, 0.25) is 0 Å². The van der Waals surface area contributed by atoms with Gasteiger partial charge in [-0.1, -0.05) is 65.5 Å². The van der Waals surface area contributed by atoms with E-state index in [4.69, 9.17) is 0 Å². The van der Waals surface area contributed by atoms with Crippen molar-refractivity contribution in [1.82, 2.24) is 9.53 Å². The third-order valence-electron chi connectivity index (χ3n) is 6.14. The number of nitrogens with zero attached hydrogens (tertiary/aromatic N) is 3. The van der Waals surface area contributed by atoms with Crippen LogP contribution in [0.25, 0.3) is 0 Å². The van der Waals surface area contributed by atoms with Crippen molar-refractivity contribution in [2.24, 2.45) is 0 Å². The normalized spacial score (nSPS) is 24.1. The summed E-state index contributed by atoms with van der Waals surface area (Å²) in [6.07, 6.45) is 4.34. The van der Waals surface area contributed by atoms with Crippen LogP contribution >= 0.6 is 0 Å². The third kappa shape index (κ3) is 2.53. The zero-order chi connectivity index (χ0) is 16.8. The number of benzene rings is 1. The molecule has 1 aromatic carbocycles. The van der Waals surface area contributed by atoms with Gasteiger partial charge >= 0.3 is 6.98 Å². The molecule has 2 aliphatic heterocycles. The first kappa shape index (κ1) is 16.9. The number of anilines is 1. The van der Waals surface area contributed by atoms with Crippen molar-refractivity contribution in [3.63, 3.8) is 0 Å². The van der Waals surface area contributed by atoms with Crippen LogP contribution in [0, 0.1) is 0 Å². The molecule has 3 nitrogen and oxygen atoms in total. The van der Waals surface area contributed by atoms with Gasteiger partial charge in [-0.25, -0.2) is 0 Å². The molecule has 2 heterocycles. The molecular formula is C18H31B2N3. The minimum Gasteiger partial charge on any atom is -0.386 e. The molecule has 0 spiro atoms. The fourth-order valence-corrected chi connectivity index (χ4v) is 4.80. The Morgan fingerprint density at radius 1 is 1.09 bits per heavy atom. The Morgan fingerprint density at radius 2 is 1.78 bits per heavy atom. The molecule has 0 bridgehead atoms. The van der Waals surface area contributed by atoms with Crippen LogP contribution in [0.5, 0.6) is 0 Å². The van der Waals surface area contributed by atoms with E-state index in [1.807, 2.05) is 0 Å². The van der Waals surface area contributed by atoms with Crippen molar-refractivity contribution >= 4 is 19.7 Å². The van der Waals surface area contributed by atoms with Crippen molar-refractivity contribution in [2.45, 2.75) is 65.3 Å². The number of unbranched alkanes of at least 4 members (excludes halogenated alkanes) is 2. The minimum absolute atomic E-state index is 0.156. The molecule has 0 aliphatic carbocycles. The van der Waals surface area contributed by atoms with E-state index in [0.29, 0.717) is 20.1 Å². The highest BCUT2D eigenvalue weighted by Crippen LogP contribution is 2.48. The summed E-state index contributed by atoms with van der Waals surface area (Å²) >= 11 is 0. The van der Waals surface area contributed by atoms with Gasteiger partial charge in [0.05, 0.1) is 6.17 Å². The van der Waals surface area contributed by atoms with Gasteiger partial charge in [-0.2, -0.15) is 0 Å². The molecule has 1 aromatic rings. The Morgan fingerprint density at radius 3 is 2.48 bits per heavy atom. The Kier molecular flexibility index (Phi) is 4.54. The van der Waals surface area contributed by atoms with E-state index in [9.17, 15) is 0 Å². The SMILES string of the molecule is CCCCCN1B(C)N(C)C2N(B1C)c1ccccc1C2(C)C. The van der Waals surface area contributed by atoms with E-state index in [-0.39, 0.29) is 5.41 Å². The maximum Gasteiger partial charge on any atom is 0.330 e. The summed E-state index contributed by atoms with van der Waals surface area (Å²) in [7, 11) is 2.30. The summed E-state index contributed by atoms with van der Waals surface area (Å²) in [5.74, 6) is 0. The molecule has 0 saturated carbocycles. The average molecular weight is 311 g/mol. The Labute approximate surface area is 143 Å². The fraction of sp³-hybridized carbons (Fsp3) is 0.667. The molecule has 1 unspecified atom stereocenters. The molecule has 5 heteroatoms. The second-order valence-corrected chi connectivity index (χ2v) is 7.89. The Balaban J connectivity index is 1.96. The lowest BCUT2D eigenvalue weighted by molar-refractivity contribution is 0.253. The Hall–Kier alpha value is -0.930. The average Bonchev–Trinajstić information content (AvgIpc) is 2.77. The van der Waals surface area contributed by atoms with Gasteiger partial charge in [-0.3, -0.25) is 0 Å². The highest BCUT2D eigenvalue weighted by molar-refractivity contribution is 6.74. The highest BCUT2D eigenvalue weighted by atomic mass is 15.4. The van der Waals surface area contributed by atoms with Crippen LogP contribution in [0.2, 0.25) is 13.6 Å². The largest absolute Gasteiger partial charge is 0.386 e. The molecule has 1 saturated heterocycles. The van der Waals surface area contributed by atoms with Crippen molar-refractivity contribution < 1.29 is 0 Å². The fourth-order valence-electron chi connectivity index (χ4n) is 4.80. The zero-order valence-corrected chi connectivity index (χ0v) is 15.7. The van der Waals surface area contributed by atoms with Gasteiger partial charge in [0.25, 0.3) is 6.98 Å². The van der Waals surface area contributed by atoms with E-state index >= 15 is 0 Å². The number of hydrogen-bond donors (Lipinski definition) is 0. The standard InChI is InChI=1S/C18H31B2N3/c1-7-8-11-14-22-19(4)21(6)17-18(2,3)15-12-9-10-13-16(15)23(17)20(22)5/h9-10,12-13,17H,7-8,11,14H2,1-6H3. The van der Waals surface area contributed by atoms with Crippen LogP contribution in [-0.4, -0.2) is 43.3 Å². The summed E-state index contributed by atoms with van der Waals surface area (Å²) in [5, 5.41) is 0. The second kappa shape index (κ2) is 6.18. The zero-order valence-electron chi connectivity index (χ0n) is 15.7. The number of hydrogen-bond acceptors (Lipinski definition) is 3. The van der Waals surface area contributed by atoms with Gasteiger partial charge in [-0.15, -0.1) is 0 Å². The lowest BCUT2D eigenvalue weighted by Crippen LogP contribution is -2.74. The van der Waals surface area contributed by atoms with E-state index in [1.165, 1.54) is 37.1 Å². The van der Waals surface area contributed by atoms with Crippen LogP contribution in [0.1, 0.15) is 45.6 Å². The lowest BCUT2D eigenvalue weighted by atomic mass is 9.55. The number of likely N-dealkylation sites (N-methyl/N-ethyl adjacent to an activating group) is 1. The van der Waals surface area contributed by atoms with Gasteiger partial charge < -0.3 is 14.3 Å². The van der Waals surface area contributed by atoms with E-state index in [1.54, 1.807) is 0 Å². The van der Waals surface area contributed by atoms with Crippen LogP contribution < -0.4 is 4.81 Å². The summed E-state index contributed by atoms with van der Waals surface area (Å²) < 4.78 is 2.67. The molecule has 1 fully saturated rings. The number of rotatable bonds is 4. The van der Waals surface area contributed by atoms with E-state index < -0.39 is 0 Å². The highest BCUT2D eigenvalue weighted by Gasteiger charge is 2.55. The van der Waals surface area contributed by atoms with Crippen molar-refractivity contribution in [3.05, 3.63) is 29.8 Å². The quantitative estimate of drug-likeness (QED) is 0.619. The molecule has 0 amide bonds. The van der Waals surface area contributed by atoms with E-state index in [0.717, 1.165) is 0 Å². The maximum atomic E-state index is 2.67. The summed E-state index contributed by atoms with van der Waals surface area (Å²) in [6.45, 7) is 14.0. The number of fused-ring (bicyclic) bond motifs is 3. The van der Waals surface area contributed by atoms with Crippen LogP contribution in [0.15, 0.2) is 24.3 Å². The topological polar surface area (TPSA) is 9.72 Å². The van der Waals surface area contributed by atoms with Gasteiger partial charge in [0.15, 0.2) is 0 Å². The third-order valence-corrected chi connectivity index (χ3v) is 6.14. The van der Waals surface area contributed by atoms with E-state index in [2.05, 4.69) is 80.1 Å². The lowest BCUT2D eigenvalue weighted by Gasteiger charge is -2.54. The predicted molar refractivity (Wildman–Crippen MR) is 103 cm³/mol. The minimum atomic E-state index is 0.156. The first-order chi connectivity index (χ1) is 10.9. The molecule has 0 aromatic heterocycles. The predicted octanol–water partition coefficient (Wildman–Crippen LogP) is 3.78. The molecule has 124 valence electrons. The van der Waals surface area contributed by atoms with Crippen molar-refractivity contribution in [1.29, 1.82) is 0 Å². The van der Waals surface area contributed by atoms with Gasteiger partial charge in [0, 0.05) is 11.1 Å². The summed E-state index contributed by atoms with van der Waals surface area (Å²) in [5.41, 5.74) is 3.07. The smallest absolute Gasteiger partial charge is 0.330 e. The number of para-hydroxylation sites is 1. The monoisotopic (exact) mass is 311 g/mol. The van der Waals surface area contributed by atoms with Crippen molar-refractivity contribution in [2.75, 3.05) is 18.4 Å². The molecule has 0 N–H and O–H groups in total. The van der Waals surface area contributed by atoms with Gasteiger partial charge in [0.1, 0.15) is 0 Å². The molecule has 3 rings (SSSR count). The second-order valence-electron chi connectivity index (χ2n) is 7.89. The van der Waals surface area contributed by atoms with Gasteiger partial charge in [-0.05, 0) is 31.6 Å². The van der Waals surface area contributed by atoms with Crippen LogP contribution in [-0.2, 0) is 5.41 Å². The Bertz CT molecular complexity index is 563. The molecule has 2 aliphatic rings.